The zero-order chi connectivity index (χ0) is 12.1. The van der Waals surface area contributed by atoms with Crippen molar-refractivity contribution in [3.8, 4) is 5.75 Å². The fourth-order valence-electron chi connectivity index (χ4n) is 1.20. The van der Waals surface area contributed by atoms with Crippen LogP contribution in [0.25, 0.3) is 0 Å². The van der Waals surface area contributed by atoms with Crippen LogP contribution >= 0.6 is 27.5 Å². The molecule has 16 heavy (non-hydrogen) atoms. The van der Waals surface area contributed by atoms with Crippen molar-refractivity contribution >= 4 is 27.5 Å². The number of halogens is 3. The number of ether oxygens (including phenoxy) is 1. The van der Waals surface area contributed by atoms with E-state index in [1.54, 1.807) is 0 Å². The van der Waals surface area contributed by atoms with E-state index in [2.05, 4.69) is 21.2 Å². The number of hydrogen-bond acceptors (Lipinski definition) is 2. The molecule has 0 aliphatic rings. The molecule has 1 aromatic rings. The standard InChI is InChI=1S/C11H14BrClFNO/c1-3-15-6-7(2)16-11-5-10(14)9(13)4-8(11)12/h4-5,7,15H,3,6H2,1-2H3. The van der Waals surface area contributed by atoms with Crippen LogP contribution in [0.2, 0.25) is 5.02 Å². The van der Waals surface area contributed by atoms with Crippen molar-refractivity contribution in [1.82, 2.24) is 5.32 Å². The first kappa shape index (κ1) is 13.7. The molecule has 5 heteroatoms. The summed E-state index contributed by atoms with van der Waals surface area (Å²) in [6, 6.07) is 2.78. The Morgan fingerprint density at radius 2 is 2.25 bits per heavy atom. The second-order valence-corrected chi connectivity index (χ2v) is 4.69. The van der Waals surface area contributed by atoms with Crippen molar-refractivity contribution in [3.63, 3.8) is 0 Å². The Morgan fingerprint density at radius 3 is 2.88 bits per heavy atom. The average molecular weight is 311 g/mol. The highest BCUT2D eigenvalue weighted by Crippen LogP contribution is 2.31. The van der Waals surface area contributed by atoms with E-state index in [1.807, 2.05) is 13.8 Å². The van der Waals surface area contributed by atoms with Crippen LogP contribution < -0.4 is 10.1 Å². The van der Waals surface area contributed by atoms with Gasteiger partial charge in [-0.05, 0) is 35.5 Å². The molecule has 0 bridgehead atoms. The molecular formula is C11H14BrClFNO. The van der Waals surface area contributed by atoms with Gasteiger partial charge in [-0.3, -0.25) is 0 Å². The van der Waals surface area contributed by atoms with Crippen molar-refractivity contribution in [1.29, 1.82) is 0 Å². The Balaban J connectivity index is 2.69. The normalized spacial score (nSPS) is 12.6. The predicted molar refractivity (Wildman–Crippen MR) is 67.7 cm³/mol. The van der Waals surface area contributed by atoms with Crippen LogP contribution in [-0.4, -0.2) is 19.2 Å². The lowest BCUT2D eigenvalue weighted by Crippen LogP contribution is -2.28. The van der Waals surface area contributed by atoms with Crippen LogP contribution in [0.4, 0.5) is 4.39 Å². The summed E-state index contributed by atoms with van der Waals surface area (Å²) in [5.41, 5.74) is 0. The third kappa shape index (κ3) is 3.92. The zero-order valence-electron chi connectivity index (χ0n) is 9.19. The summed E-state index contributed by atoms with van der Waals surface area (Å²) in [7, 11) is 0. The lowest BCUT2D eigenvalue weighted by molar-refractivity contribution is 0.216. The van der Waals surface area contributed by atoms with Crippen LogP contribution in [0.1, 0.15) is 13.8 Å². The molecule has 0 saturated heterocycles. The van der Waals surface area contributed by atoms with Gasteiger partial charge < -0.3 is 10.1 Å². The molecule has 1 atom stereocenters. The highest BCUT2D eigenvalue weighted by molar-refractivity contribution is 9.10. The van der Waals surface area contributed by atoms with E-state index in [0.717, 1.165) is 6.54 Å². The topological polar surface area (TPSA) is 21.3 Å². The van der Waals surface area contributed by atoms with Gasteiger partial charge in [0.1, 0.15) is 17.7 Å². The van der Waals surface area contributed by atoms with Gasteiger partial charge in [0.05, 0.1) is 9.50 Å². The van der Waals surface area contributed by atoms with Crippen molar-refractivity contribution < 1.29 is 9.13 Å². The van der Waals surface area contributed by atoms with Crippen LogP contribution in [0.3, 0.4) is 0 Å². The minimum absolute atomic E-state index is 0.0307. The average Bonchev–Trinajstić information content (AvgIpc) is 2.23. The minimum atomic E-state index is -0.476. The molecule has 2 nitrogen and oxygen atoms in total. The van der Waals surface area contributed by atoms with Crippen LogP contribution in [0, 0.1) is 5.82 Å². The number of likely N-dealkylation sites (N-methyl/N-ethyl adjacent to an activating group) is 1. The Bertz CT molecular complexity index is 362. The maximum absolute atomic E-state index is 13.2. The lowest BCUT2D eigenvalue weighted by atomic mass is 10.3. The highest BCUT2D eigenvalue weighted by atomic mass is 79.9. The summed E-state index contributed by atoms with van der Waals surface area (Å²) in [5.74, 6) is -0.0113. The van der Waals surface area contributed by atoms with Gasteiger partial charge in [-0.2, -0.15) is 0 Å². The summed E-state index contributed by atoms with van der Waals surface area (Å²) in [6.07, 6.45) is -0.0307. The number of rotatable bonds is 5. The molecule has 0 amide bonds. The van der Waals surface area contributed by atoms with E-state index in [9.17, 15) is 4.39 Å². The molecule has 90 valence electrons. The molecule has 0 radical (unpaired) electrons. The Hall–Kier alpha value is -0.320. The minimum Gasteiger partial charge on any atom is -0.488 e. The molecular weight excluding hydrogens is 296 g/mol. The Morgan fingerprint density at radius 1 is 1.56 bits per heavy atom. The number of nitrogens with one attached hydrogen (secondary N) is 1. The molecule has 0 aliphatic heterocycles. The summed E-state index contributed by atoms with van der Waals surface area (Å²) >= 11 is 8.91. The van der Waals surface area contributed by atoms with Gasteiger partial charge in [0.2, 0.25) is 0 Å². The van der Waals surface area contributed by atoms with Gasteiger partial charge in [-0.15, -0.1) is 0 Å². The summed E-state index contributed by atoms with van der Waals surface area (Å²) in [4.78, 5) is 0. The van der Waals surface area contributed by atoms with Crippen LogP contribution in [0.15, 0.2) is 16.6 Å². The van der Waals surface area contributed by atoms with E-state index in [4.69, 9.17) is 16.3 Å². The van der Waals surface area contributed by atoms with Crippen molar-refractivity contribution in [2.24, 2.45) is 0 Å². The van der Waals surface area contributed by atoms with Gasteiger partial charge in [-0.1, -0.05) is 18.5 Å². The molecule has 1 rings (SSSR count). The van der Waals surface area contributed by atoms with E-state index in [-0.39, 0.29) is 11.1 Å². The fraction of sp³-hybridized carbons (Fsp3) is 0.455. The largest absolute Gasteiger partial charge is 0.488 e. The fourth-order valence-corrected chi connectivity index (χ4v) is 1.93. The van der Waals surface area contributed by atoms with Crippen LogP contribution in [-0.2, 0) is 0 Å². The molecule has 0 fully saturated rings. The van der Waals surface area contributed by atoms with Gasteiger partial charge in [0, 0.05) is 12.6 Å². The molecule has 0 aliphatic carbocycles. The van der Waals surface area contributed by atoms with Gasteiger partial charge in [-0.25, -0.2) is 4.39 Å². The lowest BCUT2D eigenvalue weighted by Gasteiger charge is -2.16. The third-order valence-corrected chi connectivity index (χ3v) is 2.89. The second-order valence-electron chi connectivity index (χ2n) is 3.43. The Labute approximate surface area is 108 Å². The van der Waals surface area contributed by atoms with Gasteiger partial charge in [0.25, 0.3) is 0 Å². The second kappa shape index (κ2) is 6.42. The van der Waals surface area contributed by atoms with E-state index in [0.29, 0.717) is 16.8 Å². The maximum Gasteiger partial charge on any atom is 0.145 e. The van der Waals surface area contributed by atoms with Gasteiger partial charge in [0.15, 0.2) is 0 Å². The molecule has 0 aromatic heterocycles. The number of hydrogen-bond donors (Lipinski definition) is 1. The highest BCUT2D eigenvalue weighted by Gasteiger charge is 2.10. The van der Waals surface area contributed by atoms with Crippen molar-refractivity contribution in [2.75, 3.05) is 13.1 Å². The zero-order valence-corrected chi connectivity index (χ0v) is 11.5. The molecule has 1 unspecified atom stereocenters. The summed E-state index contributed by atoms with van der Waals surface area (Å²) in [5, 5.41) is 3.24. The monoisotopic (exact) mass is 309 g/mol. The maximum atomic E-state index is 13.2. The summed E-state index contributed by atoms with van der Waals surface area (Å²) < 4.78 is 19.4. The first-order valence-corrected chi connectivity index (χ1v) is 6.23. The van der Waals surface area contributed by atoms with Crippen molar-refractivity contribution in [2.45, 2.75) is 20.0 Å². The molecule has 0 saturated carbocycles. The summed E-state index contributed by atoms with van der Waals surface area (Å²) in [6.45, 7) is 5.53. The Kier molecular flexibility index (Phi) is 5.52. The molecule has 0 spiro atoms. The number of benzene rings is 1. The van der Waals surface area contributed by atoms with Crippen molar-refractivity contribution in [3.05, 3.63) is 27.4 Å². The van der Waals surface area contributed by atoms with Gasteiger partial charge >= 0.3 is 0 Å². The first-order chi connectivity index (χ1) is 7.54. The van der Waals surface area contributed by atoms with E-state index in [1.165, 1.54) is 12.1 Å². The van der Waals surface area contributed by atoms with E-state index >= 15 is 0 Å². The predicted octanol–water partition coefficient (Wildman–Crippen LogP) is 3.62. The SMILES string of the molecule is CCNCC(C)Oc1cc(F)c(Cl)cc1Br. The first-order valence-electron chi connectivity index (χ1n) is 5.06. The third-order valence-electron chi connectivity index (χ3n) is 1.98. The smallest absolute Gasteiger partial charge is 0.145 e. The van der Waals surface area contributed by atoms with E-state index < -0.39 is 5.82 Å². The molecule has 0 heterocycles. The van der Waals surface area contributed by atoms with Crippen LogP contribution in [0.5, 0.6) is 5.75 Å². The molecule has 1 aromatic carbocycles. The quantitative estimate of drug-likeness (QED) is 0.839. The molecule has 1 N–H and O–H groups in total.